The Balaban J connectivity index is 2.63. The van der Waals surface area contributed by atoms with Crippen molar-refractivity contribution in [1.29, 1.82) is 0 Å². The topological polar surface area (TPSA) is 81.5 Å². The van der Waals surface area contributed by atoms with E-state index in [9.17, 15) is 13.2 Å². The molecular formula is C14H17N3O4S. The number of benzene rings is 1. The molecule has 0 saturated carbocycles. The van der Waals surface area contributed by atoms with Crippen molar-refractivity contribution in [1.82, 2.24) is 9.78 Å². The van der Waals surface area contributed by atoms with Gasteiger partial charge in [-0.2, -0.15) is 5.10 Å². The largest absolute Gasteiger partial charge is 0.462 e. The molecule has 0 amide bonds. The summed E-state index contributed by atoms with van der Waals surface area (Å²) in [5.74, 6) is -0.470. The zero-order chi connectivity index (χ0) is 16.3. The van der Waals surface area contributed by atoms with Crippen LogP contribution in [-0.4, -0.2) is 44.1 Å². The Kier molecular flexibility index (Phi) is 4.51. The first kappa shape index (κ1) is 16.0. The number of hydrogen-bond donors (Lipinski definition) is 0. The van der Waals surface area contributed by atoms with E-state index in [1.165, 1.54) is 17.9 Å². The van der Waals surface area contributed by atoms with Gasteiger partial charge in [-0.25, -0.2) is 17.9 Å². The van der Waals surface area contributed by atoms with Gasteiger partial charge in [-0.3, -0.25) is 4.31 Å². The van der Waals surface area contributed by atoms with Crippen molar-refractivity contribution < 1.29 is 17.9 Å². The summed E-state index contributed by atoms with van der Waals surface area (Å²) in [4.78, 5) is 12.0. The van der Waals surface area contributed by atoms with Crippen molar-refractivity contribution >= 4 is 21.8 Å². The van der Waals surface area contributed by atoms with Gasteiger partial charge in [0.1, 0.15) is 5.56 Å². The van der Waals surface area contributed by atoms with Crippen LogP contribution < -0.4 is 4.31 Å². The lowest BCUT2D eigenvalue weighted by Gasteiger charge is -2.19. The van der Waals surface area contributed by atoms with Gasteiger partial charge in [0.2, 0.25) is 10.0 Å². The molecule has 2 aromatic rings. The fourth-order valence-electron chi connectivity index (χ4n) is 1.91. The number of carbonyl (C=O) groups excluding carboxylic acids is 1. The molecule has 0 unspecified atom stereocenters. The van der Waals surface area contributed by atoms with Crippen LogP contribution in [0.2, 0.25) is 0 Å². The first-order chi connectivity index (χ1) is 10.4. The maximum absolute atomic E-state index is 12.0. The molecular weight excluding hydrogens is 306 g/mol. The fraction of sp³-hybridized carbons (Fsp3) is 0.286. The lowest BCUT2D eigenvalue weighted by Crippen LogP contribution is -2.29. The number of esters is 1. The molecule has 0 fully saturated rings. The van der Waals surface area contributed by atoms with E-state index < -0.39 is 16.0 Å². The summed E-state index contributed by atoms with van der Waals surface area (Å²) in [6.45, 7) is 1.87. The quantitative estimate of drug-likeness (QED) is 0.778. The number of hydrogen-bond acceptors (Lipinski definition) is 5. The van der Waals surface area contributed by atoms with E-state index in [4.69, 9.17) is 4.74 Å². The average molecular weight is 323 g/mol. The summed E-state index contributed by atoms with van der Waals surface area (Å²) >= 11 is 0. The summed E-state index contributed by atoms with van der Waals surface area (Å²) in [5, 5.41) is 4.13. The highest BCUT2D eigenvalue weighted by Gasteiger charge is 2.26. The highest BCUT2D eigenvalue weighted by Crippen LogP contribution is 2.25. The molecule has 7 nitrogen and oxygen atoms in total. The Morgan fingerprint density at radius 1 is 1.32 bits per heavy atom. The number of carbonyl (C=O) groups is 1. The minimum absolute atomic E-state index is 0.0960. The number of aromatic nitrogens is 2. The van der Waals surface area contributed by atoms with E-state index in [2.05, 4.69) is 5.10 Å². The number of anilines is 1. The van der Waals surface area contributed by atoms with Crippen molar-refractivity contribution in [2.75, 3.05) is 24.2 Å². The molecule has 118 valence electrons. The van der Waals surface area contributed by atoms with E-state index in [1.54, 1.807) is 31.2 Å². The van der Waals surface area contributed by atoms with E-state index in [0.717, 1.165) is 10.6 Å². The van der Waals surface area contributed by atoms with Crippen molar-refractivity contribution in [3.63, 3.8) is 0 Å². The molecule has 1 aromatic heterocycles. The summed E-state index contributed by atoms with van der Waals surface area (Å²) in [6.07, 6.45) is 2.37. The minimum Gasteiger partial charge on any atom is -0.462 e. The SMILES string of the molecule is CCOC(=O)c1cnn(-c2ccccc2)c1N(C)S(C)(=O)=O. The summed E-state index contributed by atoms with van der Waals surface area (Å²) in [5.41, 5.74) is 0.738. The second-order valence-corrected chi connectivity index (χ2v) is 6.59. The molecule has 22 heavy (non-hydrogen) atoms. The van der Waals surface area contributed by atoms with Crippen molar-refractivity contribution in [2.45, 2.75) is 6.92 Å². The molecule has 1 aromatic carbocycles. The molecule has 0 bridgehead atoms. The zero-order valence-electron chi connectivity index (χ0n) is 12.6. The van der Waals surface area contributed by atoms with Gasteiger partial charge in [-0.05, 0) is 19.1 Å². The van der Waals surface area contributed by atoms with Gasteiger partial charge in [-0.15, -0.1) is 0 Å². The molecule has 0 aliphatic rings. The van der Waals surface area contributed by atoms with Gasteiger partial charge in [0, 0.05) is 7.05 Å². The second-order valence-electron chi connectivity index (χ2n) is 4.58. The lowest BCUT2D eigenvalue weighted by molar-refractivity contribution is 0.0527. The van der Waals surface area contributed by atoms with Crippen molar-refractivity contribution in [3.05, 3.63) is 42.1 Å². The molecule has 0 atom stereocenters. The third kappa shape index (κ3) is 3.11. The second kappa shape index (κ2) is 6.18. The summed E-state index contributed by atoms with van der Waals surface area (Å²) < 4.78 is 31.1. The number of ether oxygens (including phenoxy) is 1. The summed E-state index contributed by atoms with van der Waals surface area (Å²) in [6, 6.07) is 8.96. The maximum Gasteiger partial charge on any atom is 0.343 e. The molecule has 0 radical (unpaired) electrons. The van der Waals surface area contributed by atoms with Gasteiger partial charge in [0.15, 0.2) is 5.82 Å². The van der Waals surface area contributed by atoms with E-state index >= 15 is 0 Å². The first-order valence-corrected chi connectivity index (χ1v) is 8.45. The smallest absolute Gasteiger partial charge is 0.343 e. The molecule has 0 saturated heterocycles. The van der Waals surface area contributed by atoms with Crippen LogP contribution in [0.4, 0.5) is 5.82 Å². The Bertz CT molecular complexity index is 769. The van der Waals surface area contributed by atoms with E-state index in [0.29, 0.717) is 5.69 Å². The van der Waals surface area contributed by atoms with Gasteiger partial charge in [0.25, 0.3) is 0 Å². The maximum atomic E-state index is 12.0. The van der Waals surface area contributed by atoms with Crippen LogP contribution in [0, 0.1) is 0 Å². The third-order valence-electron chi connectivity index (χ3n) is 3.04. The van der Waals surface area contributed by atoms with Crippen molar-refractivity contribution in [3.8, 4) is 5.69 Å². The zero-order valence-corrected chi connectivity index (χ0v) is 13.4. The Hall–Kier alpha value is -2.35. The molecule has 0 spiro atoms. The van der Waals surface area contributed by atoms with Gasteiger partial charge in [0.05, 0.1) is 24.7 Å². The van der Waals surface area contributed by atoms with Crippen molar-refractivity contribution in [2.24, 2.45) is 0 Å². The molecule has 2 rings (SSSR count). The predicted octanol–water partition coefficient (Wildman–Crippen LogP) is 1.44. The fourth-order valence-corrected chi connectivity index (χ4v) is 2.40. The third-order valence-corrected chi connectivity index (χ3v) is 4.20. The standard InChI is InChI=1S/C14H17N3O4S/c1-4-21-14(18)12-10-15-17(11-8-6-5-7-9-11)13(12)16(2)22(3,19)20/h5-10H,4H2,1-3H3. The number of rotatable bonds is 5. The van der Waals surface area contributed by atoms with Gasteiger partial charge < -0.3 is 4.74 Å². The first-order valence-electron chi connectivity index (χ1n) is 6.60. The van der Waals surface area contributed by atoms with Crippen LogP contribution in [0.3, 0.4) is 0 Å². The summed E-state index contributed by atoms with van der Waals surface area (Å²) in [7, 11) is -2.19. The highest BCUT2D eigenvalue weighted by atomic mass is 32.2. The van der Waals surface area contributed by atoms with Gasteiger partial charge in [-0.1, -0.05) is 18.2 Å². The van der Waals surface area contributed by atoms with E-state index in [-0.39, 0.29) is 18.0 Å². The van der Waals surface area contributed by atoms with E-state index in [1.807, 2.05) is 6.07 Å². The Morgan fingerprint density at radius 3 is 2.50 bits per heavy atom. The van der Waals surface area contributed by atoms with Gasteiger partial charge >= 0.3 is 5.97 Å². The predicted molar refractivity (Wildman–Crippen MR) is 82.8 cm³/mol. The number of sulfonamides is 1. The Labute approximate surface area is 129 Å². The molecule has 0 aliphatic carbocycles. The van der Waals surface area contributed by atoms with Crippen LogP contribution in [0.1, 0.15) is 17.3 Å². The van der Waals surface area contributed by atoms with Crippen LogP contribution in [0.25, 0.3) is 5.69 Å². The number of nitrogens with zero attached hydrogens (tertiary/aromatic N) is 3. The average Bonchev–Trinajstić information content (AvgIpc) is 2.91. The van der Waals surface area contributed by atoms with Crippen LogP contribution in [-0.2, 0) is 14.8 Å². The molecule has 0 N–H and O–H groups in total. The van der Waals surface area contributed by atoms with Crippen LogP contribution in [0.15, 0.2) is 36.5 Å². The van der Waals surface area contributed by atoms with Crippen LogP contribution >= 0.6 is 0 Å². The highest BCUT2D eigenvalue weighted by molar-refractivity contribution is 7.92. The molecule has 0 aliphatic heterocycles. The normalized spacial score (nSPS) is 11.2. The number of para-hydroxylation sites is 1. The lowest BCUT2D eigenvalue weighted by atomic mass is 10.3. The molecule has 8 heteroatoms. The Morgan fingerprint density at radius 2 is 1.95 bits per heavy atom. The monoisotopic (exact) mass is 323 g/mol. The molecule has 1 heterocycles. The minimum atomic E-state index is -3.56. The van der Waals surface area contributed by atoms with Crippen LogP contribution in [0.5, 0.6) is 0 Å².